The number of aliphatic hydroxyl groups excluding tert-OH is 1. The van der Waals surface area contributed by atoms with E-state index in [0.29, 0.717) is 64.3 Å². The minimum Gasteiger partial charge on any atom is -0.508 e. The van der Waals surface area contributed by atoms with Gasteiger partial charge in [-0.2, -0.15) is 0 Å². The molecule has 1 fully saturated rings. The van der Waals surface area contributed by atoms with Gasteiger partial charge >= 0.3 is 0 Å². The van der Waals surface area contributed by atoms with Gasteiger partial charge in [0, 0.05) is 47.0 Å². The maximum atomic E-state index is 14.9. The van der Waals surface area contributed by atoms with Gasteiger partial charge in [-0.3, -0.25) is 43.2 Å². The number of unbranched alkanes of at least 4 members (excludes halogenated alkanes) is 2. The molecule has 0 unspecified atom stereocenters. The molecule has 1 aliphatic heterocycles. The highest BCUT2D eigenvalue weighted by molar-refractivity contribution is 8.76. The van der Waals surface area contributed by atoms with E-state index < -0.39 is 101 Å². The van der Waals surface area contributed by atoms with Crippen LogP contribution >= 0.6 is 33.2 Å². The second-order valence-electron chi connectivity index (χ2n) is 20.4. The van der Waals surface area contributed by atoms with Crippen LogP contribution in [0, 0.1) is 0 Å². The number of nitrogens with zero attached hydrogens (tertiary/aromatic N) is 1. The minimum atomic E-state index is -1.78. The van der Waals surface area contributed by atoms with E-state index in [0.717, 1.165) is 21.6 Å². The predicted octanol–water partition coefficient (Wildman–Crippen LogP) is 2.26. The van der Waals surface area contributed by atoms with Gasteiger partial charge < -0.3 is 69.7 Å². The molecule has 26 heteroatoms. The summed E-state index contributed by atoms with van der Waals surface area (Å²) in [6.07, 6.45) is -0.965. The van der Waals surface area contributed by atoms with E-state index >= 15 is 0 Å². The Morgan fingerprint density at radius 3 is 1.77 bits per heavy atom. The van der Waals surface area contributed by atoms with Crippen molar-refractivity contribution in [1.82, 2.24) is 31.9 Å². The number of amides is 9. The van der Waals surface area contributed by atoms with Crippen LogP contribution in [0.5, 0.6) is 11.5 Å². The number of benzene rings is 5. The molecular weight excluding hydrogens is 1170 g/mol. The first-order valence-electron chi connectivity index (χ1n) is 27.5. The number of rotatable bonds is 20. The van der Waals surface area contributed by atoms with Gasteiger partial charge in [-0.25, -0.2) is 4.99 Å². The van der Waals surface area contributed by atoms with E-state index in [1.165, 1.54) is 55.5 Å². The number of phenols is 2. The fourth-order valence-corrected chi connectivity index (χ4v) is 11.2. The van der Waals surface area contributed by atoms with Gasteiger partial charge in [0.15, 0.2) is 0 Å². The van der Waals surface area contributed by atoms with Gasteiger partial charge in [0.25, 0.3) is 17.7 Å². The van der Waals surface area contributed by atoms with Gasteiger partial charge in [-0.05, 0) is 116 Å². The Morgan fingerprint density at radius 2 is 1.19 bits per heavy atom. The number of anilines is 1. The van der Waals surface area contributed by atoms with Gasteiger partial charge in [0.2, 0.25) is 35.4 Å². The molecule has 1 saturated heterocycles. The SMILES string of the molecule is C[C@@H](O)[C@@H]1NC(=O)[C@H](CCCCCN)NC(=O)[C@@H](Cc2ccc(NC(=O)c3ccccc3)cc2)NC(=O)[C@H](Cc2ccc(O)cc2)NC(=O)[C@H](NC(=O)[C@@H](N)Cc2ccc(Cl)cc2)CSSC[C@@H](C(=O)N=C(Cc2ccc(O)cc2)C(N)=O)NC1=O. The number of nitrogens with one attached hydrogen (secondary N) is 7. The smallest absolute Gasteiger partial charge is 0.269 e. The van der Waals surface area contributed by atoms with Crippen molar-refractivity contribution >= 4 is 97.8 Å². The van der Waals surface area contributed by atoms with Crippen molar-refractivity contribution in [1.29, 1.82) is 0 Å². The van der Waals surface area contributed by atoms with Gasteiger partial charge in [-0.15, -0.1) is 0 Å². The number of hydrogen-bond acceptors (Lipinski definition) is 16. The van der Waals surface area contributed by atoms with E-state index in [2.05, 4.69) is 42.2 Å². The molecule has 0 saturated carbocycles. The van der Waals surface area contributed by atoms with E-state index in [1.54, 1.807) is 78.9 Å². The molecule has 0 aromatic heterocycles. The van der Waals surface area contributed by atoms with Crippen molar-refractivity contribution in [2.75, 3.05) is 23.4 Å². The Bertz CT molecular complexity index is 3180. The molecule has 23 nitrogen and oxygen atoms in total. The Hall–Kier alpha value is -8.33. The van der Waals surface area contributed by atoms with Crippen LogP contribution in [0.25, 0.3) is 0 Å². The predicted molar refractivity (Wildman–Crippen MR) is 329 cm³/mol. The summed E-state index contributed by atoms with van der Waals surface area (Å²) in [5.74, 6) is -8.80. The van der Waals surface area contributed by atoms with Crippen molar-refractivity contribution in [2.45, 2.75) is 107 Å². The maximum absolute atomic E-state index is 14.9. The Morgan fingerprint density at radius 1 is 0.651 bits per heavy atom. The molecule has 16 N–H and O–H groups in total. The van der Waals surface area contributed by atoms with Crippen molar-refractivity contribution in [3.8, 4) is 11.5 Å². The lowest BCUT2D eigenvalue weighted by molar-refractivity contribution is -0.136. The molecule has 0 spiro atoms. The first-order valence-corrected chi connectivity index (χ1v) is 30.4. The number of nitrogens with two attached hydrogens (primary N) is 3. The number of phenolic OH excluding ortho intramolecular Hbond substituents is 2. The standard InChI is InChI=1S/C60H70ClN11O12S2/c1-34(73)51-60(84)71-50(58(82)67-46(52(64)76)29-37-15-23-42(74)24-16-37)33-86-85-32-49(70-54(78)44(63)28-35-11-19-40(61)20-12-35)59(83)69-48(31-38-17-25-43(75)26-18-38)57(81)68-47(56(80)66-45(55(79)72-51)10-6-3-7-27-62)30-36-13-21-41(22-14-36)65-53(77)39-8-4-2-5-9-39/h2,4-5,8-9,11-26,34,44-45,47-51,73-75H,3,6-7,10,27-33,62-63H2,1H3,(H2,64,76)(H,65,77)(H,66,80)(H,68,81)(H,69,83)(H,70,78)(H,71,84)(H,72,79)/t34-,44+,45+,47-,48+,49-,50+,51+/m1/s1. The van der Waals surface area contributed by atoms with E-state index in [1.807, 2.05) is 0 Å². The van der Waals surface area contributed by atoms with Crippen LogP contribution in [0.2, 0.25) is 5.02 Å². The first-order chi connectivity index (χ1) is 41.1. The third-order valence-electron chi connectivity index (χ3n) is 13.6. The van der Waals surface area contributed by atoms with Crippen LogP contribution < -0.4 is 54.4 Å². The number of hydrogen-bond donors (Lipinski definition) is 13. The monoisotopic (exact) mass is 1240 g/mol. The molecule has 456 valence electrons. The highest BCUT2D eigenvalue weighted by Crippen LogP contribution is 2.25. The number of primary amides is 1. The Labute approximate surface area is 509 Å². The first kappa shape index (κ1) is 66.8. The maximum Gasteiger partial charge on any atom is 0.269 e. The average molecular weight is 1240 g/mol. The highest BCUT2D eigenvalue weighted by Gasteiger charge is 2.36. The summed E-state index contributed by atoms with van der Waals surface area (Å²) >= 11 is 6.09. The van der Waals surface area contributed by atoms with Crippen molar-refractivity contribution in [3.05, 3.63) is 160 Å². The van der Waals surface area contributed by atoms with Crippen LogP contribution in [0.3, 0.4) is 0 Å². The summed E-state index contributed by atoms with van der Waals surface area (Å²) in [6.45, 7) is 1.53. The van der Waals surface area contributed by atoms with Crippen molar-refractivity contribution in [3.63, 3.8) is 0 Å². The molecule has 0 radical (unpaired) electrons. The molecule has 1 aliphatic rings. The van der Waals surface area contributed by atoms with Crippen molar-refractivity contribution in [2.24, 2.45) is 22.2 Å². The van der Waals surface area contributed by atoms with Crippen LogP contribution in [0.15, 0.2) is 132 Å². The molecule has 0 bridgehead atoms. The molecule has 0 aliphatic carbocycles. The van der Waals surface area contributed by atoms with Gasteiger partial charge in [0.05, 0.1) is 12.1 Å². The zero-order valence-electron chi connectivity index (χ0n) is 46.9. The minimum absolute atomic E-state index is 0.0200. The van der Waals surface area contributed by atoms with E-state index in [9.17, 15) is 58.5 Å². The van der Waals surface area contributed by atoms with E-state index in [4.69, 9.17) is 28.8 Å². The highest BCUT2D eigenvalue weighted by atomic mass is 35.5. The lowest BCUT2D eigenvalue weighted by Crippen LogP contribution is -2.61. The van der Waals surface area contributed by atoms with Crippen LogP contribution in [0.1, 0.15) is 65.2 Å². The summed E-state index contributed by atoms with van der Waals surface area (Å²) in [4.78, 5) is 131. The topological polar surface area (TPSA) is 389 Å². The normalized spacial score (nSPS) is 20.1. The molecular formula is C60H70ClN11O12S2. The van der Waals surface area contributed by atoms with E-state index in [-0.39, 0.29) is 61.0 Å². The summed E-state index contributed by atoms with van der Waals surface area (Å²) in [6, 6.07) is 22.4. The Kier molecular flexibility index (Phi) is 25.9. The van der Waals surface area contributed by atoms with Gasteiger partial charge in [-0.1, -0.05) is 113 Å². The summed E-state index contributed by atoms with van der Waals surface area (Å²) in [5, 5.41) is 50.3. The fraction of sp³-hybridized carbons (Fsp3) is 0.333. The summed E-state index contributed by atoms with van der Waals surface area (Å²) in [7, 11) is 1.87. The lowest BCUT2D eigenvalue weighted by atomic mass is 10.0. The third-order valence-corrected chi connectivity index (χ3v) is 16.2. The average Bonchev–Trinajstić information content (AvgIpc) is 3.63. The second kappa shape index (κ2) is 33.4. The molecule has 5 aromatic rings. The number of halogens is 1. The number of carbonyl (C=O) groups excluding carboxylic acids is 9. The van der Waals surface area contributed by atoms with Crippen LogP contribution in [-0.2, 0) is 64.0 Å². The summed E-state index contributed by atoms with van der Waals surface area (Å²) < 4.78 is 0. The number of carbonyl (C=O) groups is 9. The molecule has 6 rings (SSSR count). The molecule has 5 aromatic carbocycles. The van der Waals surface area contributed by atoms with Crippen LogP contribution in [0.4, 0.5) is 5.69 Å². The largest absolute Gasteiger partial charge is 0.508 e. The zero-order chi connectivity index (χ0) is 62.3. The molecule has 8 atom stereocenters. The van der Waals surface area contributed by atoms with Crippen LogP contribution in [-0.4, -0.2) is 141 Å². The summed E-state index contributed by atoms with van der Waals surface area (Å²) in [5.41, 5.74) is 20.3. The fourth-order valence-electron chi connectivity index (χ4n) is 8.75. The second-order valence-corrected chi connectivity index (χ2v) is 23.4. The number of aliphatic imine (C=N–C) groups is 1. The van der Waals surface area contributed by atoms with Gasteiger partial charge in [0.1, 0.15) is 53.5 Å². The molecule has 1 heterocycles. The van der Waals surface area contributed by atoms with Crippen molar-refractivity contribution < 1.29 is 58.5 Å². The number of aliphatic hydroxyl groups is 1. The molecule has 86 heavy (non-hydrogen) atoms. The molecule has 9 amide bonds. The Balaban J connectivity index is 1.41. The quantitative estimate of drug-likeness (QED) is 0.0302. The number of aromatic hydroxyl groups is 2. The third kappa shape index (κ3) is 21.3. The lowest BCUT2D eigenvalue weighted by Gasteiger charge is -2.29. The zero-order valence-corrected chi connectivity index (χ0v) is 49.3.